The van der Waals surface area contributed by atoms with Gasteiger partial charge in [0.25, 0.3) is 0 Å². The van der Waals surface area contributed by atoms with Crippen LogP contribution in [0.5, 0.6) is 11.5 Å². The fraction of sp³-hybridized carbons (Fsp3) is 0.194. The minimum absolute atomic E-state index is 0. The van der Waals surface area contributed by atoms with Gasteiger partial charge in [-0.2, -0.15) is 12.1 Å². The van der Waals surface area contributed by atoms with Crippen molar-refractivity contribution in [1.82, 2.24) is 9.55 Å². The number of aromatic nitrogens is 2. The third-order valence-corrected chi connectivity index (χ3v) is 14.1. The van der Waals surface area contributed by atoms with Gasteiger partial charge in [0.05, 0.1) is 0 Å². The summed E-state index contributed by atoms with van der Waals surface area (Å²) in [6.07, 6.45) is 2.00. The first-order valence-corrected chi connectivity index (χ1v) is 25.1. The van der Waals surface area contributed by atoms with Gasteiger partial charge in [-0.1, -0.05) is 171 Å². The molecule has 368 valence electrons. The SMILES string of the molecule is Cc1cc(-n2c3[c-]c(Oc4[c-]c(N5[CH-]N(c6cc(C(C)(C)C)cc(C(C)(C)C)c6)c6cc(-c7cccc(C(C)(C)C)c7)ccc65)ccc4)ccc3c3ccccc32)ncc1-c1cccc(-c2ccccc2)c1.[Pt]. The first-order valence-electron chi connectivity index (χ1n) is 25.1. The summed E-state index contributed by atoms with van der Waals surface area (Å²) in [6.45, 7) is 25.0. The average Bonchev–Trinajstić information content (AvgIpc) is 3.91. The summed E-state index contributed by atoms with van der Waals surface area (Å²) in [5.41, 5.74) is 18.1. The first kappa shape index (κ1) is 49.4. The molecule has 10 aromatic rings. The maximum Gasteiger partial charge on any atom is 0.135 e. The third kappa shape index (κ3) is 9.64. The molecule has 1 aliphatic rings. The summed E-state index contributed by atoms with van der Waals surface area (Å²) < 4.78 is 8.95. The number of pyridine rings is 1. The average molecular weight is 1130 g/mol. The van der Waals surface area contributed by atoms with Crippen molar-refractivity contribution in [3.05, 3.63) is 223 Å². The predicted octanol–water partition coefficient (Wildman–Crippen LogP) is 18.2. The van der Waals surface area contributed by atoms with Gasteiger partial charge in [-0.05, 0) is 121 Å². The van der Waals surface area contributed by atoms with Crippen molar-refractivity contribution in [2.75, 3.05) is 9.80 Å². The molecule has 8 aromatic carbocycles. The molecule has 0 fully saturated rings. The molecule has 0 bridgehead atoms. The van der Waals surface area contributed by atoms with E-state index in [2.05, 4.69) is 260 Å². The second-order valence-electron chi connectivity index (χ2n) is 22.4. The zero-order valence-corrected chi connectivity index (χ0v) is 45.7. The summed E-state index contributed by atoms with van der Waals surface area (Å²) in [5, 5.41) is 2.20. The molecule has 3 heterocycles. The van der Waals surface area contributed by atoms with Gasteiger partial charge in [0.1, 0.15) is 5.82 Å². The number of anilines is 4. The molecule has 73 heavy (non-hydrogen) atoms. The Morgan fingerprint density at radius 2 is 1.11 bits per heavy atom. The number of rotatable bonds is 8. The summed E-state index contributed by atoms with van der Waals surface area (Å²) in [5.74, 6) is 2.01. The number of fused-ring (bicyclic) bond motifs is 4. The fourth-order valence-electron chi connectivity index (χ4n) is 9.91. The molecule has 0 saturated carbocycles. The second-order valence-corrected chi connectivity index (χ2v) is 22.4. The summed E-state index contributed by atoms with van der Waals surface area (Å²) in [7, 11) is 0. The number of aryl methyl sites for hydroxylation is 1. The summed E-state index contributed by atoms with van der Waals surface area (Å²) in [4.78, 5) is 9.71. The molecule has 1 aliphatic heterocycles. The normalized spacial score (nSPS) is 12.8. The first-order chi connectivity index (χ1) is 34.5. The Bertz CT molecular complexity index is 3650. The molecule has 6 heteroatoms. The number of benzene rings is 8. The monoisotopic (exact) mass is 1130 g/mol. The van der Waals surface area contributed by atoms with Crippen LogP contribution >= 0.6 is 0 Å². The Morgan fingerprint density at radius 3 is 1.84 bits per heavy atom. The Morgan fingerprint density at radius 1 is 0.479 bits per heavy atom. The third-order valence-electron chi connectivity index (χ3n) is 14.1. The maximum absolute atomic E-state index is 6.74. The number of nitrogens with zero attached hydrogens (tertiary/aromatic N) is 4. The molecular weight excluding hydrogens is 1070 g/mol. The van der Waals surface area contributed by atoms with Gasteiger partial charge in [-0.25, -0.2) is 4.98 Å². The number of ether oxygens (including phenoxy) is 1. The van der Waals surface area contributed by atoms with E-state index >= 15 is 0 Å². The Balaban J connectivity index is 0.00000611. The molecule has 11 rings (SSSR count). The minimum atomic E-state index is -0.0441. The number of para-hydroxylation sites is 1. The Labute approximate surface area is 446 Å². The van der Waals surface area contributed by atoms with Gasteiger partial charge in [0.2, 0.25) is 0 Å². The Hall–Kier alpha value is -7.20. The van der Waals surface area contributed by atoms with E-state index in [1.165, 1.54) is 38.9 Å². The molecule has 2 aromatic heterocycles. The van der Waals surface area contributed by atoms with Crippen LogP contribution < -0.4 is 14.5 Å². The van der Waals surface area contributed by atoms with Crippen molar-refractivity contribution < 1.29 is 25.8 Å². The van der Waals surface area contributed by atoms with Gasteiger partial charge >= 0.3 is 0 Å². The minimum Gasteiger partial charge on any atom is -0.509 e. The quantitative estimate of drug-likeness (QED) is 0.142. The maximum atomic E-state index is 6.74. The van der Waals surface area contributed by atoms with Gasteiger partial charge in [0, 0.05) is 66.9 Å². The van der Waals surface area contributed by atoms with Crippen molar-refractivity contribution in [3.8, 4) is 50.7 Å². The predicted molar refractivity (Wildman–Crippen MR) is 301 cm³/mol. The molecule has 0 amide bonds. The van der Waals surface area contributed by atoms with Crippen LogP contribution in [0.1, 0.15) is 84.6 Å². The number of hydrogen-bond donors (Lipinski definition) is 0. The fourth-order valence-corrected chi connectivity index (χ4v) is 9.91. The van der Waals surface area contributed by atoms with E-state index in [9.17, 15) is 0 Å². The smallest absolute Gasteiger partial charge is 0.135 e. The van der Waals surface area contributed by atoms with Crippen LogP contribution in [0.15, 0.2) is 182 Å². The van der Waals surface area contributed by atoms with Gasteiger partial charge in [-0.15, -0.1) is 48.1 Å². The van der Waals surface area contributed by atoms with E-state index in [4.69, 9.17) is 9.72 Å². The number of hydrogen-bond acceptors (Lipinski definition) is 4. The van der Waals surface area contributed by atoms with E-state index in [-0.39, 0.29) is 37.3 Å². The Kier molecular flexibility index (Phi) is 12.9. The molecule has 5 nitrogen and oxygen atoms in total. The van der Waals surface area contributed by atoms with Crippen molar-refractivity contribution in [1.29, 1.82) is 0 Å². The van der Waals surface area contributed by atoms with Crippen LogP contribution in [0.4, 0.5) is 22.7 Å². The van der Waals surface area contributed by atoms with Gasteiger partial charge < -0.3 is 19.1 Å². The van der Waals surface area contributed by atoms with Gasteiger partial charge in [0.15, 0.2) is 0 Å². The van der Waals surface area contributed by atoms with Gasteiger partial charge in [-0.3, -0.25) is 0 Å². The van der Waals surface area contributed by atoms with Crippen LogP contribution in [0, 0.1) is 25.7 Å². The summed E-state index contributed by atoms with van der Waals surface area (Å²) >= 11 is 0. The van der Waals surface area contributed by atoms with Crippen LogP contribution in [0.25, 0.3) is 61.0 Å². The summed E-state index contributed by atoms with van der Waals surface area (Å²) in [6, 6.07) is 70.3. The second kappa shape index (κ2) is 19.0. The van der Waals surface area contributed by atoms with E-state index in [0.29, 0.717) is 11.5 Å². The van der Waals surface area contributed by atoms with Crippen molar-refractivity contribution in [3.63, 3.8) is 0 Å². The van der Waals surface area contributed by atoms with Crippen molar-refractivity contribution in [2.45, 2.75) is 85.5 Å². The van der Waals surface area contributed by atoms with E-state index in [1.807, 2.05) is 24.4 Å². The van der Waals surface area contributed by atoms with Crippen LogP contribution in [-0.2, 0) is 37.3 Å². The molecule has 0 spiro atoms. The van der Waals surface area contributed by atoms with Crippen LogP contribution in [-0.4, -0.2) is 9.55 Å². The molecule has 0 unspecified atom stereocenters. The van der Waals surface area contributed by atoms with Crippen molar-refractivity contribution in [2.24, 2.45) is 0 Å². The zero-order chi connectivity index (χ0) is 50.1. The van der Waals surface area contributed by atoms with E-state index in [1.54, 1.807) is 0 Å². The molecule has 0 atom stereocenters. The molecular formula is C67H61N4OPt-3. The largest absolute Gasteiger partial charge is 0.509 e. The standard InChI is InChI=1S/C67H61N4O.Pt/c1-44-33-64(68-42-59(44)49-23-16-21-46(34-49)45-19-12-11-13-20-45)71-60-28-15-14-27-57(60)58-31-30-56(41-62(58)71)72-55-26-18-25-53(40-55)69-43-70(54-38-51(66(5,6)7)37-52(39-54)67(8,9)10)63-36-48(29-32-61(63)69)47-22-17-24-50(35-47)65(2,3)4;/h11-39,42-43H,1-10H3;/q-3;. The topological polar surface area (TPSA) is 33.5 Å². The molecule has 0 saturated heterocycles. The van der Waals surface area contributed by atoms with Crippen LogP contribution in [0.2, 0.25) is 0 Å². The van der Waals surface area contributed by atoms with Crippen LogP contribution in [0.3, 0.4) is 0 Å². The van der Waals surface area contributed by atoms with E-state index < -0.39 is 0 Å². The molecule has 0 radical (unpaired) electrons. The van der Waals surface area contributed by atoms with Crippen molar-refractivity contribution >= 4 is 44.6 Å². The molecule has 0 aliphatic carbocycles. The molecule has 0 N–H and O–H groups in total. The zero-order valence-electron chi connectivity index (χ0n) is 43.4. The van der Waals surface area contributed by atoms with E-state index in [0.717, 1.165) is 67.1 Å².